The van der Waals surface area contributed by atoms with Crippen molar-refractivity contribution in [3.63, 3.8) is 0 Å². The van der Waals surface area contributed by atoms with Gasteiger partial charge >= 0.3 is 0 Å². The Morgan fingerprint density at radius 1 is 1.59 bits per heavy atom. The highest BCUT2D eigenvalue weighted by Gasteiger charge is 2.45. The van der Waals surface area contributed by atoms with Gasteiger partial charge in [-0.05, 0) is 12.8 Å². The second kappa shape index (κ2) is 6.58. The summed E-state index contributed by atoms with van der Waals surface area (Å²) in [5, 5.41) is 2.86. The molecular formula is C10H20IN3O2S. The van der Waals surface area contributed by atoms with Gasteiger partial charge in [-0.15, -0.1) is 30.6 Å². The monoisotopic (exact) mass is 373 g/mol. The summed E-state index contributed by atoms with van der Waals surface area (Å²) >= 11 is 0. The van der Waals surface area contributed by atoms with Crippen molar-refractivity contribution >= 4 is 39.8 Å². The van der Waals surface area contributed by atoms with E-state index in [2.05, 4.69) is 16.9 Å². The lowest BCUT2D eigenvalue weighted by Gasteiger charge is -2.11. The van der Waals surface area contributed by atoms with Crippen LogP contribution in [0.5, 0.6) is 0 Å². The second-order valence-corrected chi connectivity index (χ2v) is 6.58. The van der Waals surface area contributed by atoms with Crippen molar-refractivity contribution in [2.45, 2.75) is 12.8 Å². The first-order valence-electron chi connectivity index (χ1n) is 5.19. The molecule has 0 unspecified atom stereocenters. The van der Waals surface area contributed by atoms with E-state index in [1.807, 2.05) is 0 Å². The Labute approximate surface area is 120 Å². The number of rotatable bonds is 6. The van der Waals surface area contributed by atoms with Gasteiger partial charge in [0.1, 0.15) is 9.84 Å². The summed E-state index contributed by atoms with van der Waals surface area (Å²) in [6.45, 7) is 4.60. The van der Waals surface area contributed by atoms with Crippen LogP contribution in [0.1, 0.15) is 12.8 Å². The van der Waals surface area contributed by atoms with Crippen LogP contribution in [0.4, 0.5) is 0 Å². The minimum Gasteiger partial charge on any atom is -0.370 e. The molecule has 0 aromatic rings. The summed E-state index contributed by atoms with van der Waals surface area (Å²) in [6, 6.07) is 0. The Hall–Kier alpha value is -0.310. The Bertz CT molecular complexity index is 388. The smallest absolute Gasteiger partial charge is 0.188 e. The summed E-state index contributed by atoms with van der Waals surface area (Å²) in [5.41, 5.74) is 5.44. The van der Waals surface area contributed by atoms with Gasteiger partial charge in [0.15, 0.2) is 5.96 Å². The van der Waals surface area contributed by atoms with Crippen LogP contribution in [0.2, 0.25) is 0 Å². The molecular weight excluding hydrogens is 353 g/mol. The molecule has 0 aromatic carbocycles. The predicted molar refractivity (Wildman–Crippen MR) is 81.5 cm³/mol. The highest BCUT2D eigenvalue weighted by molar-refractivity contribution is 14.0. The van der Waals surface area contributed by atoms with Gasteiger partial charge in [-0.3, -0.25) is 4.99 Å². The summed E-state index contributed by atoms with van der Waals surface area (Å²) in [4.78, 5) is 4.15. The molecule has 1 rings (SSSR count). The van der Waals surface area contributed by atoms with Crippen molar-refractivity contribution < 1.29 is 8.42 Å². The van der Waals surface area contributed by atoms with E-state index in [1.165, 1.54) is 6.26 Å². The van der Waals surface area contributed by atoms with Gasteiger partial charge in [0.25, 0.3) is 0 Å². The Morgan fingerprint density at radius 2 is 2.18 bits per heavy atom. The number of halogens is 1. The molecule has 1 saturated carbocycles. The van der Waals surface area contributed by atoms with Crippen molar-refractivity contribution in [3.05, 3.63) is 12.7 Å². The van der Waals surface area contributed by atoms with Crippen LogP contribution in [0.25, 0.3) is 0 Å². The number of sulfone groups is 1. The van der Waals surface area contributed by atoms with Crippen LogP contribution in [0.15, 0.2) is 17.6 Å². The van der Waals surface area contributed by atoms with Crippen molar-refractivity contribution in [1.82, 2.24) is 5.32 Å². The normalized spacial score (nSPS) is 18.1. The number of hydrogen-bond donors (Lipinski definition) is 2. The van der Waals surface area contributed by atoms with Gasteiger partial charge in [0.05, 0.1) is 5.75 Å². The van der Waals surface area contributed by atoms with Gasteiger partial charge in [0, 0.05) is 24.8 Å². The number of aliphatic imine (C=N–C) groups is 1. The van der Waals surface area contributed by atoms with E-state index in [4.69, 9.17) is 5.73 Å². The highest BCUT2D eigenvalue weighted by Crippen LogP contribution is 2.46. The fourth-order valence-electron chi connectivity index (χ4n) is 1.57. The molecule has 0 radical (unpaired) electrons. The SMILES string of the molecule is C=CCNC(N)=NCC1(CS(C)(=O)=O)CC1.I. The average molecular weight is 373 g/mol. The lowest BCUT2D eigenvalue weighted by Crippen LogP contribution is -2.33. The maximum absolute atomic E-state index is 11.2. The predicted octanol–water partition coefficient (Wildman–Crippen LogP) is 0.519. The summed E-state index contributed by atoms with van der Waals surface area (Å²) in [7, 11) is -2.93. The highest BCUT2D eigenvalue weighted by atomic mass is 127. The molecule has 1 aliphatic carbocycles. The first kappa shape index (κ1) is 16.7. The fraction of sp³-hybridized carbons (Fsp3) is 0.700. The Kier molecular flexibility index (Phi) is 6.46. The number of nitrogens with one attached hydrogen (secondary N) is 1. The average Bonchev–Trinajstić information content (AvgIpc) is 2.89. The molecule has 0 bridgehead atoms. The zero-order chi connectivity index (χ0) is 12.2. The molecule has 100 valence electrons. The van der Waals surface area contributed by atoms with Crippen LogP contribution in [-0.4, -0.2) is 39.5 Å². The molecule has 1 fully saturated rings. The molecule has 0 aliphatic heterocycles. The Balaban J connectivity index is 0.00000256. The molecule has 0 atom stereocenters. The minimum atomic E-state index is -2.93. The molecule has 17 heavy (non-hydrogen) atoms. The van der Waals surface area contributed by atoms with E-state index in [0.717, 1.165) is 12.8 Å². The lowest BCUT2D eigenvalue weighted by molar-refractivity contribution is 0.551. The third-order valence-electron chi connectivity index (χ3n) is 2.54. The third kappa shape index (κ3) is 6.87. The third-order valence-corrected chi connectivity index (χ3v) is 3.67. The Morgan fingerprint density at radius 3 is 2.59 bits per heavy atom. The summed E-state index contributed by atoms with van der Waals surface area (Å²) in [6.07, 6.45) is 4.78. The summed E-state index contributed by atoms with van der Waals surface area (Å²) in [5.74, 6) is 0.554. The fourth-order valence-corrected chi connectivity index (χ4v) is 3.06. The zero-order valence-electron chi connectivity index (χ0n) is 9.98. The number of guanidine groups is 1. The van der Waals surface area contributed by atoms with E-state index < -0.39 is 9.84 Å². The molecule has 5 nitrogen and oxygen atoms in total. The van der Waals surface area contributed by atoms with Gasteiger partial charge in [-0.2, -0.15) is 0 Å². The molecule has 0 saturated heterocycles. The van der Waals surface area contributed by atoms with E-state index in [1.54, 1.807) is 6.08 Å². The number of hydrogen-bond acceptors (Lipinski definition) is 3. The quantitative estimate of drug-likeness (QED) is 0.308. The van der Waals surface area contributed by atoms with Crippen LogP contribution >= 0.6 is 24.0 Å². The largest absolute Gasteiger partial charge is 0.370 e. The molecule has 1 aliphatic rings. The van der Waals surface area contributed by atoms with Crippen molar-refractivity contribution in [3.8, 4) is 0 Å². The van der Waals surface area contributed by atoms with Crippen molar-refractivity contribution in [2.75, 3.05) is 25.1 Å². The first-order valence-corrected chi connectivity index (χ1v) is 7.25. The summed E-state index contributed by atoms with van der Waals surface area (Å²) < 4.78 is 22.4. The van der Waals surface area contributed by atoms with Crippen LogP contribution < -0.4 is 11.1 Å². The molecule has 0 heterocycles. The number of nitrogens with zero attached hydrogens (tertiary/aromatic N) is 1. The standard InChI is InChI=1S/C10H19N3O2S.HI/c1-3-6-12-9(11)13-7-10(4-5-10)8-16(2,14)15;/h3H,1,4-8H2,2H3,(H3,11,12,13);1H. The van der Waals surface area contributed by atoms with Gasteiger partial charge in [-0.1, -0.05) is 6.08 Å². The molecule has 7 heteroatoms. The van der Waals surface area contributed by atoms with Crippen LogP contribution in [-0.2, 0) is 9.84 Å². The van der Waals surface area contributed by atoms with Crippen LogP contribution in [0.3, 0.4) is 0 Å². The van der Waals surface area contributed by atoms with E-state index in [9.17, 15) is 8.42 Å². The molecule has 0 aromatic heterocycles. The zero-order valence-corrected chi connectivity index (χ0v) is 13.1. The van der Waals surface area contributed by atoms with Crippen molar-refractivity contribution in [1.29, 1.82) is 0 Å². The van der Waals surface area contributed by atoms with Gasteiger partial charge in [0.2, 0.25) is 0 Å². The maximum Gasteiger partial charge on any atom is 0.188 e. The van der Waals surface area contributed by atoms with Crippen LogP contribution in [0, 0.1) is 5.41 Å². The minimum absolute atomic E-state index is 0. The van der Waals surface area contributed by atoms with E-state index in [0.29, 0.717) is 19.0 Å². The van der Waals surface area contributed by atoms with E-state index >= 15 is 0 Å². The first-order chi connectivity index (χ1) is 7.37. The second-order valence-electron chi connectivity index (χ2n) is 4.44. The topological polar surface area (TPSA) is 84.5 Å². The van der Waals surface area contributed by atoms with E-state index in [-0.39, 0.29) is 35.1 Å². The molecule has 0 spiro atoms. The maximum atomic E-state index is 11.2. The van der Waals surface area contributed by atoms with Crippen molar-refractivity contribution in [2.24, 2.45) is 16.1 Å². The number of nitrogens with two attached hydrogens (primary N) is 1. The van der Waals surface area contributed by atoms with Gasteiger partial charge in [-0.25, -0.2) is 8.42 Å². The molecule has 0 amide bonds. The van der Waals surface area contributed by atoms with Gasteiger partial charge < -0.3 is 11.1 Å². The lowest BCUT2D eigenvalue weighted by atomic mass is 10.1. The molecule has 3 N–H and O–H groups in total.